The molecule has 5 rings (SSSR count). The third kappa shape index (κ3) is 3.06. The van der Waals surface area contributed by atoms with Crippen molar-refractivity contribution in [3.8, 4) is 0 Å². The number of piperidine rings is 1. The molecule has 0 radical (unpaired) electrons. The average molecular weight is 371 g/mol. The highest BCUT2D eigenvalue weighted by molar-refractivity contribution is 5.43. The highest BCUT2D eigenvalue weighted by atomic mass is 16.6. The van der Waals surface area contributed by atoms with Crippen LogP contribution in [-0.4, -0.2) is 17.7 Å². The summed E-state index contributed by atoms with van der Waals surface area (Å²) in [7, 11) is 0. The fourth-order valence-electron chi connectivity index (χ4n) is 4.84. The van der Waals surface area contributed by atoms with E-state index < -0.39 is 0 Å². The van der Waals surface area contributed by atoms with Crippen LogP contribution in [0.25, 0.3) is 0 Å². The van der Waals surface area contributed by atoms with Gasteiger partial charge >= 0.3 is 0 Å². The minimum absolute atomic E-state index is 0.0434. The second-order valence-corrected chi connectivity index (χ2v) is 8.14. The lowest BCUT2D eigenvalue weighted by Crippen LogP contribution is -2.52. The molecule has 1 saturated heterocycles. The smallest absolute Gasteiger partial charge is 0.109 e. The van der Waals surface area contributed by atoms with Gasteiger partial charge in [0.05, 0.1) is 13.1 Å². The molecule has 2 heterocycles. The molecular formula is C25H25NO2. The summed E-state index contributed by atoms with van der Waals surface area (Å²) in [5.74, 6) is 0. The number of hydroxylamine groups is 3. The van der Waals surface area contributed by atoms with Gasteiger partial charge in [-0.05, 0) is 16.7 Å². The molecule has 142 valence electrons. The first kappa shape index (κ1) is 17.6. The second kappa shape index (κ2) is 6.85. The molecule has 1 spiro atoms. The van der Waals surface area contributed by atoms with Crippen LogP contribution in [0.4, 0.5) is 0 Å². The van der Waals surface area contributed by atoms with Crippen LogP contribution in [0.2, 0.25) is 0 Å². The number of hydrogen-bond donors (Lipinski definition) is 0. The van der Waals surface area contributed by atoms with Crippen molar-refractivity contribution in [3.63, 3.8) is 0 Å². The lowest BCUT2D eigenvalue weighted by atomic mass is 9.83. The highest BCUT2D eigenvalue weighted by Crippen LogP contribution is 2.52. The Kier molecular flexibility index (Phi) is 4.31. The molecule has 3 aromatic rings. The number of ether oxygens (including phenoxy) is 1. The molecule has 3 aromatic carbocycles. The van der Waals surface area contributed by atoms with E-state index >= 15 is 0 Å². The minimum atomic E-state index is -0.333. The average Bonchev–Trinajstić information content (AvgIpc) is 3.07. The summed E-state index contributed by atoms with van der Waals surface area (Å²) < 4.78 is 6.58. The van der Waals surface area contributed by atoms with Gasteiger partial charge < -0.3 is 14.6 Å². The molecule has 0 aromatic heterocycles. The molecule has 3 heteroatoms. The number of quaternary nitrogens is 1. The lowest BCUT2D eigenvalue weighted by molar-refractivity contribution is -0.901. The first-order valence-electron chi connectivity index (χ1n) is 10.1. The molecule has 0 saturated carbocycles. The molecule has 1 atom stereocenters. The minimum Gasteiger partial charge on any atom is -0.633 e. The standard InChI is InChI=1S/C25H25NO2/c27-26(19-20-9-3-1-4-10-20)17-15-25(16-18-26)23-14-8-7-13-22(23)24(28-25)21-11-5-2-6-12-21/h1-14,24H,15-19H2. The van der Waals surface area contributed by atoms with Gasteiger partial charge in [0.25, 0.3) is 0 Å². The van der Waals surface area contributed by atoms with E-state index in [0.717, 1.165) is 18.4 Å². The van der Waals surface area contributed by atoms with E-state index in [0.29, 0.717) is 19.6 Å². The fraction of sp³-hybridized carbons (Fsp3) is 0.280. The van der Waals surface area contributed by atoms with Gasteiger partial charge in [0.2, 0.25) is 0 Å². The van der Waals surface area contributed by atoms with Crippen LogP contribution in [-0.2, 0) is 16.9 Å². The molecule has 0 bridgehead atoms. The van der Waals surface area contributed by atoms with E-state index in [1.54, 1.807) is 0 Å². The zero-order valence-electron chi connectivity index (χ0n) is 16.0. The Morgan fingerprint density at radius 1 is 0.821 bits per heavy atom. The predicted octanol–water partition coefficient (Wildman–Crippen LogP) is 5.31. The van der Waals surface area contributed by atoms with Gasteiger partial charge in [-0.3, -0.25) is 0 Å². The SMILES string of the molecule is [O-][N+]1(Cc2ccccc2)CCC2(CC1)OC(c1ccccc1)c1ccccc12. The maximum absolute atomic E-state index is 13.4. The third-order valence-electron chi connectivity index (χ3n) is 6.34. The number of hydrogen-bond acceptors (Lipinski definition) is 2. The summed E-state index contributed by atoms with van der Waals surface area (Å²) in [6.07, 6.45) is 1.49. The predicted molar refractivity (Wildman–Crippen MR) is 110 cm³/mol. The van der Waals surface area contributed by atoms with Gasteiger partial charge in [-0.25, -0.2) is 0 Å². The summed E-state index contributed by atoms with van der Waals surface area (Å²) in [4.78, 5) is 0. The Balaban J connectivity index is 1.41. The van der Waals surface area contributed by atoms with E-state index in [1.165, 1.54) is 16.7 Å². The fourth-order valence-corrected chi connectivity index (χ4v) is 4.84. The van der Waals surface area contributed by atoms with Gasteiger partial charge in [0.1, 0.15) is 18.2 Å². The normalized spacial score (nSPS) is 29.0. The lowest BCUT2D eigenvalue weighted by Gasteiger charge is -2.50. The van der Waals surface area contributed by atoms with E-state index in [4.69, 9.17) is 4.74 Å². The zero-order valence-corrected chi connectivity index (χ0v) is 16.0. The number of rotatable bonds is 3. The van der Waals surface area contributed by atoms with Gasteiger partial charge in [-0.15, -0.1) is 0 Å². The van der Waals surface area contributed by atoms with Crippen LogP contribution < -0.4 is 0 Å². The van der Waals surface area contributed by atoms with Crippen molar-refractivity contribution in [3.05, 3.63) is 112 Å². The molecule has 1 fully saturated rings. The maximum Gasteiger partial charge on any atom is 0.109 e. The zero-order chi connectivity index (χ0) is 19.0. The summed E-state index contributed by atoms with van der Waals surface area (Å²) in [6.45, 7) is 1.72. The van der Waals surface area contributed by atoms with Crippen LogP contribution in [0.1, 0.15) is 41.2 Å². The first-order chi connectivity index (χ1) is 13.7. The van der Waals surface area contributed by atoms with Crippen molar-refractivity contribution in [2.45, 2.75) is 31.1 Å². The summed E-state index contributed by atoms with van der Waals surface area (Å²) >= 11 is 0. The van der Waals surface area contributed by atoms with Crippen molar-refractivity contribution >= 4 is 0 Å². The van der Waals surface area contributed by atoms with E-state index in [1.807, 2.05) is 24.3 Å². The Hall–Kier alpha value is -2.46. The van der Waals surface area contributed by atoms with Crippen LogP contribution >= 0.6 is 0 Å². The van der Waals surface area contributed by atoms with E-state index in [9.17, 15) is 5.21 Å². The Bertz CT molecular complexity index is 947. The van der Waals surface area contributed by atoms with Crippen LogP contribution in [0.5, 0.6) is 0 Å². The number of likely N-dealkylation sites (tertiary alicyclic amines) is 1. The molecule has 2 aliphatic rings. The monoisotopic (exact) mass is 371 g/mol. The van der Waals surface area contributed by atoms with Crippen LogP contribution in [0.3, 0.4) is 0 Å². The van der Waals surface area contributed by atoms with Crippen LogP contribution in [0, 0.1) is 5.21 Å². The van der Waals surface area contributed by atoms with Gasteiger partial charge in [-0.1, -0.05) is 84.9 Å². The molecular weight excluding hydrogens is 346 g/mol. The molecule has 3 nitrogen and oxygen atoms in total. The van der Waals surface area contributed by atoms with Gasteiger partial charge in [0, 0.05) is 18.4 Å². The Morgan fingerprint density at radius 2 is 1.43 bits per heavy atom. The molecule has 1 unspecified atom stereocenters. The third-order valence-corrected chi connectivity index (χ3v) is 6.34. The van der Waals surface area contributed by atoms with Crippen LogP contribution in [0.15, 0.2) is 84.9 Å². The highest BCUT2D eigenvalue weighted by Gasteiger charge is 2.49. The number of nitrogens with zero attached hydrogens (tertiary/aromatic N) is 1. The molecule has 0 N–H and O–H groups in total. The van der Waals surface area contributed by atoms with Crippen molar-refractivity contribution in [1.29, 1.82) is 0 Å². The second-order valence-electron chi connectivity index (χ2n) is 8.14. The first-order valence-corrected chi connectivity index (χ1v) is 10.1. The van der Waals surface area contributed by atoms with Crippen molar-refractivity contribution < 1.29 is 9.38 Å². The van der Waals surface area contributed by atoms with Crippen molar-refractivity contribution in [2.75, 3.05) is 13.1 Å². The van der Waals surface area contributed by atoms with Crippen molar-refractivity contribution in [2.24, 2.45) is 0 Å². The maximum atomic E-state index is 13.4. The number of fused-ring (bicyclic) bond motifs is 2. The Morgan fingerprint density at radius 3 is 2.14 bits per heavy atom. The summed E-state index contributed by atoms with van der Waals surface area (Å²) in [5.41, 5.74) is 4.49. The number of benzene rings is 3. The van der Waals surface area contributed by atoms with E-state index in [2.05, 4.69) is 60.7 Å². The largest absolute Gasteiger partial charge is 0.633 e. The molecule has 0 amide bonds. The molecule has 28 heavy (non-hydrogen) atoms. The van der Waals surface area contributed by atoms with Gasteiger partial charge in [-0.2, -0.15) is 0 Å². The quantitative estimate of drug-likeness (QED) is 0.462. The topological polar surface area (TPSA) is 32.3 Å². The van der Waals surface area contributed by atoms with E-state index in [-0.39, 0.29) is 16.4 Å². The summed E-state index contributed by atoms with van der Waals surface area (Å²) in [6, 6.07) is 29.1. The van der Waals surface area contributed by atoms with Crippen molar-refractivity contribution in [1.82, 2.24) is 0 Å². The van der Waals surface area contributed by atoms with Gasteiger partial charge in [0.15, 0.2) is 0 Å². The molecule has 0 aliphatic carbocycles. The summed E-state index contributed by atoms with van der Waals surface area (Å²) in [5, 5.41) is 13.4. The Labute approximate surface area is 166 Å². The molecule has 2 aliphatic heterocycles.